The topological polar surface area (TPSA) is 59.0 Å². The zero-order valence-corrected chi connectivity index (χ0v) is 22.0. The van der Waals surface area contributed by atoms with Crippen LogP contribution in [0.2, 0.25) is 0 Å². The van der Waals surface area contributed by atoms with Gasteiger partial charge < -0.3 is 14.6 Å². The zero-order chi connectivity index (χ0) is 25.2. The van der Waals surface area contributed by atoms with E-state index in [1.807, 2.05) is 87.5 Å². The molecule has 35 heavy (non-hydrogen) atoms. The average Bonchev–Trinajstić information content (AvgIpc) is 2.83. The van der Waals surface area contributed by atoms with E-state index in [2.05, 4.69) is 22.0 Å². The Bertz CT molecular complexity index is 1270. The van der Waals surface area contributed by atoms with Gasteiger partial charge >= 0.3 is 6.09 Å². The number of carbonyl (C=O) groups is 1. The lowest BCUT2D eigenvalue weighted by atomic mass is 9.84. The smallest absolute Gasteiger partial charge is 0.412 e. The molecule has 0 bridgehead atoms. The second-order valence-corrected chi connectivity index (χ2v) is 10.0. The van der Waals surface area contributed by atoms with Crippen molar-refractivity contribution in [1.29, 1.82) is 0 Å². The Kier molecular flexibility index (Phi) is 7.33. The number of hydrogen-bond donors (Lipinski definition) is 1. The van der Waals surface area contributed by atoms with Crippen LogP contribution in [0.5, 0.6) is 5.75 Å². The van der Waals surface area contributed by atoms with Crippen LogP contribution >= 0.6 is 15.9 Å². The number of methoxy groups -OCH3 is 1. The molecule has 0 fully saturated rings. The van der Waals surface area contributed by atoms with Gasteiger partial charge in [-0.05, 0) is 68.2 Å². The predicted molar refractivity (Wildman–Crippen MR) is 144 cm³/mol. The molecule has 1 unspecified atom stereocenters. The standard InChI is InChI=1S/C29H30BrNO4/c1-19(35-16-15-20-9-5-7-11-25(20)30)24-18-29(2,3)31(28(32)33)26-14-13-21(17-23(24)26)22-10-6-8-12-27(22)34-4/h5-14,17-19H,15-16H2,1-4H3,(H,32,33). The number of ether oxygens (including phenoxy) is 2. The molecule has 6 heteroatoms. The maximum atomic E-state index is 12.3. The van der Waals surface area contributed by atoms with Crippen LogP contribution in [0.15, 0.2) is 77.3 Å². The van der Waals surface area contributed by atoms with Crippen LogP contribution in [-0.2, 0) is 11.2 Å². The first-order valence-electron chi connectivity index (χ1n) is 11.6. The lowest BCUT2D eigenvalue weighted by molar-refractivity contribution is 0.106. The number of nitrogens with zero attached hydrogens (tertiary/aromatic N) is 1. The van der Waals surface area contributed by atoms with Crippen LogP contribution in [0.25, 0.3) is 16.7 Å². The number of hydrogen-bond acceptors (Lipinski definition) is 3. The third kappa shape index (κ3) is 5.14. The van der Waals surface area contributed by atoms with Crippen molar-refractivity contribution in [3.8, 4) is 16.9 Å². The molecule has 0 aromatic heterocycles. The normalized spacial score (nSPS) is 15.2. The Balaban J connectivity index is 1.70. The molecular weight excluding hydrogens is 506 g/mol. The zero-order valence-electron chi connectivity index (χ0n) is 20.4. The minimum Gasteiger partial charge on any atom is -0.496 e. The summed E-state index contributed by atoms with van der Waals surface area (Å²) in [5.74, 6) is 0.766. The second kappa shape index (κ2) is 10.3. The van der Waals surface area contributed by atoms with Crippen LogP contribution in [0.1, 0.15) is 31.9 Å². The summed E-state index contributed by atoms with van der Waals surface area (Å²) in [5.41, 5.74) is 4.85. The highest BCUT2D eigenvalue weighted by Crippen LogP contribution is 2.43. The molecule has 1 N–H and O–H groups in total. The molecule has 0 spiro atoms. The molecule has 0 saturated heterocycles. The van der Waals surface area contributed by atoms with Crippen molar-refractivity contribution in [1.82, 2.24) is 0 Å². The quantitative estimate of drug-likeness (QED) is 0.341. The Morgan fingerprint density at radius 1 is 1.06 bits per heavy atom. The fourth-order valence-electron chi connectivity index (χ4n) is 4.67. The summed E-state index contributed by atoms with van der Waals surface area (Å²) in [6.07, 6.45) is 1.58. The van der Waals surface area contributed by atoms with Gasteiger partial charge in [-0.1, -0.05) is 64.5 Å². The fourth-order valence-corrected chi connectivity index (χ4v) is 5.15. The van der Waals surface area contributed by atoms with E-state index in [9.17, 15) is 9.90 Å². The van der Waals surface area contributed by atoms with Gasteiger partial charge in [0.05, 0.1) is 31.0 Å². The minimum atomic E-state index is -0.987. The van der Waals surface area contributed by atoms with E-state index >= 15 is 0 Å². The SMILES string of the molecule is COc1ccccc1-c1ccc2c(c1)C(C(C)OCCc1ccccc1Br)=CC(C)(C)N2C(=O)O. The molecule has 0 radical (unpaired) electrons. The molecule has 182 valence electrons. The Hall–Kier alpha value is -3.09. The monoisotopic (exact) mass is 535 g/mol. The number of amides is 1. The van der Waals surface area contributed by atoms with Crippen LogP contribution in [0, 0.1) is 0 Å². The van der Waals surface area contributed by atoms with Crippen molar-refractivity contribution in [3.63, 3.8) is 0 Å². The van der Waals surface area contributed by atoms with Crippen molar-refractivity contribution < 1.29 is 19.4 Å². The number of benzene rings is 3. The highest BCUT2D eigenvalue weighted by atomic mass is 79.9. The Morgan fingerprint density at radius 3 is 2.49 bits per heavy atom. The number of fused-ring (bicyclic) bond motifs is 1. The highest BCUT2D eigenvalue weighted by molar-refractivity contribution is 9.10. The number of halogens is 1. The molecule has 1 aliphatic rings. The molecule has 4 rings (SSSR count). The molecule has 1 amide bonds. The maximum Gasteiger partial charge on any atom is 0.412 e. The average molecular weight is 536 g/mol. The van der Waals surface area contributed by atoms with Gasteiger partial charge in [0, 0.05) is 15.6 Å². The summed E-state index contributed by atoms with van der Waals surface area (Å²) in [5, 5.41) is 10.0. The number of para-hydroxylation sites is 1. The third-order valence-electron chi connectivity index (χ3n) is 6.38. The van der Waals surface area contributed by atoms with Gasteiger partial charge in [-0.15, -0.1) is 0 Å². The summed E-state index contributed by atoms with van der Waals surface area (Å²) < 4.78 is 12.9. The molecule has 3 aromatic carbocycles. The van der Waals surface area contributed by atoms with Crippen LogP contribution < -0.4 is 9.64 Å². The highest BCUT2D eigenvalue weighted by Gasteiger charge is 2.38. The molecule has 5 nitrogen and oxygen atoms in total. The number of rotatable bonds is 7. The molecule has 3 aromatic rings. The summed E-state index contributed by atoms with van der Waals surface area (Å²) in [6, 6.07) is 21.8. The molecule has 1 heterocycles. The molecule has 1 atom stereocenters. The second-order valence-electron chi connectivity index (χ2n) is 9.16. The van der Waals surface area contributed by atoms with E-state index < -0.39 is 11.6 Å². The summed E-state index contributed by atoms with van der Waals surface area (Å²) in [4.78, 5) is 13.7. The first kappa shape index (κ1) is 25.0. The van der Waals surface area contributed by atoms with Crippen molar-refractivity contribution in [3.05, 3.63) is 88.4 Å². The van der Waals surface area contributed by atoms with E-state index in [-0.39, 0.29) is 6.10 Å². The number of carboxylic acid groups (broad SMARTS) is 1. The summed E-state index contributed by atoms with van der Waals surface area (Å²) in [7, 11) is 1.65. The lowest BCUT2D eigenvalue weighted by Crippen LogP contribution is -2.49. The van der Waals surface area contributed by atoms with Crippen LogP contribution in [0.4, 0.5) is 10.5 Å². The van der Waals surface area contributed by atoms with Gasteiger partial charge in [0.2, 0.25) is 0 Å². The van der Waals surface area contributed by atoms with E-state index in [1.165, 1.54) is 10.5 Å². The van der Waals surface area contributed by atoms with Crippen molar-refractivity contribution in [2.45, 2.75) is 38.8 Å². The van der Waals surface area contributed by atoms with Crippen LogP contribution in [0.3, 0.4) is 0 Å². The summed E-state index contributed by atoms with van der Waals surface area (Å²) >= 11 is 3.60. The minimum absolute atomic E-state index is 0.223. The van der Waals surface area contributed by atoms with Crippen molar-refractivity contribution in [2.75, 3.05) is 18.6 Å². The van der Waals surface area contributed by atoms with Crippen molar-refractivity contribution >= 4 is 33.3 Å². The predicted octanol–water partition coefficient (Wildman–Crippen LogP) is 7.43. The fraction of sp³-hybridized carbons (Fsp3) is 0.276. The van der Waals surface area contributed by atoms with E-state index in [0.29, 0.717) is 12.3 Å². The Labute approximate surface area is 215 Å². The third-order valence-corrected chi connectivity index (χ3v) is 7.15. The van der Waals surface area contributed by atoms with Crippen LogP contribution in [-0.4, -0.2) is 36.6 Å². The van der Waals surface area contributed by atoms with Gasteiger partial charge in [0.1, 0.15) is 5.75 Å². The van der Waals surface area contributed by atoms with Crippen molar-refractivity contribution in [2.24, 2.45) is 0 Å². The molecule has 0 aliphatic carbocycles. The lowest BCUT2D eigenvalue weighted by Gasteiger charge is -2.41. The first-order chi connectivity index (χ1) is 16.7. The van der Waals surface area contributed by atoms with Gasteiger partial charge in [-0.3, -0.25) is 4.90 Å². The largest absolute Gasteiger partial charge is 0.496 e. The van der Waals surface area contributed by atoms with E-state index in [4.69, 9.17) is 9.47 Å². The maximum absolute atomic E-state index is 12.3. The van der Waals surface area contributed by atoms with Gasteiger partial charge in [0.15, 0.2) is 0 Å². The Morgan fingerprint density at radius 2 is 1.77 bits per heavy atom. The molecule has 1 aliphatic heterocycles. The molecular formula is C29H30BrNO4. The molecule has 0 saturated carbocycles. The van der Waals surface area contributed by atoms with Gasteiger partial charge in [0.25, 0.3) is 0 Å². The first-order valence-corrected chi connectivity index (χ1v) is 12.4. The van der Waals surface area contributed by atoms with E-state index in [0.717, 1.165) is 38.9 Å². The van der Waals surface area contributed by atoms with Gasteiger partial charge in [-0.25, -0.2) is 4.79 Å². The number of anilines is 1. The summed E-state index contributed by atoms with van der Waals surface area (Å²) in [6.45, 7) is 6.39. The van der Waals surface area contributed by atoms with E-state index in [1.54, 1.807) is 7.11 Å². The van der Waals surface area contributed by atoms with Gasteiger partial charge in [-0.2, -0.15) is 0 Å².